The maximum atomic E-state index is 12.4. The van der Waals surface area contributed by atoms with E-state index in [0.717, 1.165) is 31.2 Å². The van der Waals surface area contributed by atoms with Gasteiger partial charge in [0.25, 0.3) is 5.91 Å². The largest absolute Gasteiger partial charge is 0.465 e. The normalized spacial score (nSPS) is 12.8. The van der Waals surface area contributed by atoms with Crippen molar-refractivity contribution in [2.45, 2.75) is 25.7 Å². The van der Waals surface area contributed by atoms with Crippen molar-refractivity contribution in [2.24, 2.45) is 0 Å². The first kappa shape index (κ1) is 19.0. The number of halogens is 1. The zero-order chi connectivity index (χ0) is 18.7. The zero-order valence-electron chi connectivity index (χ0n) is 14.1. The number of fused-ring (bicyclic) bond motifs is 1. The maximum absolute atomic E-state index is 12.4. The highest BCUT2D eigenvalue weighted by atomic mass is 79.9. The number of hydrogen-bond acceptors (Lipinski definition) is 5. The summed E-state index contributed by atoms with van der Waals surface area (Å²) in [4.78, 5) is 25.8. The smallest absolute Gasteiger partial charge is 0.341 e. The summed E-state index contributed by atoms with van der Waals surface area (Å²) >= 11 is 10.1. The SMILES string of the molecule is COC(=O)c1c(NC(=S)NC(=O)c2ccccc2Br)sc2c1CCCC2. The van der Waals surface area contributed by atoms with Gasteiger partial charge in [0.1, 0.15) is 5.00 Å². The van der Waals surface area contributed by atoms with Crippen molar-refractivity contribution in [1.29, 1.82) is 0 Å². The van der Waals surface area contributed by atoms with Crippen molar-refractivity contribution >= 4 is 61.5 Å². The lowest BCUT2D eigenvalue weighted by molar-refractivity contribution is 0.0601. The van der Waals surface area contributed by atoms with Crippen LogP contribution in [0.4, 0.5) is 5.00 Å². The molecular weight excluding hydrogens is 436 g/mol. The van der Waals surface area contributed by atoms with Gasteiger partial charge in [-0.05, 0) is 71.5 Å². The fraction of sp³-hybridized carbons (Fsp3) is 0.278. The summed E-state index contributed by atoms with van der Waals surface area (Å²) in [5.41, 5.74) is 2.05. The van der Waals surface area contributed by atoms with Crippen molar-refractivity contribution in [2.75, 3.05) is 12.4 Å². The van der Waals surface area contributed by atoms with Gasteiger partial charge >= 0.3 is 5.97 Å². The Hall–Kier alpha value is -1.77. The minimum Gasteiger partial charge on any atom is -0.465 e. The Labute approximate surface area is 169 Å². The Morgan fingerprint density at radius 2 is 1.96 bits per heavy atom. The van der Waals surface area contributed by atoms with Crippen LogP contribution in [0.5, 0.6) is 0 Å². The molecule has 1 aliphatic carbocycles. The Kier molecular flexibility index (Phi) is 6.05. The van der Waals surface area contributed by atoms with Gasteiger partial charge in [0, 0.05) is 9.35 Å². The van der Waals surface area contributed by atoms with Crippen LogP contribution < -0.4 is 10.6 Å². The molecule has 1 aromatic heterocycles. The zero-order valence-corrected chi connectivity index (χ0v) is 17.3. The van der Waals surface area contributed by atoms with Gasteiger partial charge in [-0.3, -0.25) is 10.1 Å². The first-order chi connectivity index (χ1) is 12.5. The molecule has 26 heavy (non-hydrogen) atoms. The van der Waals surface area contributed by atoms with E-state index in [1.54, 1.807) is 18.2 Å². The molecule has 0 saturated carbocycles. The Morgan fingerprint density at radius 3 is 2.69 bits per heavy atom. The number of rotatable bonds is 3. The average Bonchev–Trinajstić information content (AvgIpc) is 2.98. The Balaban J connectivity index is 1.79. The van der Waals surface area contributed by atoms with E-state index in [1.165, 1.54) is 23.3 Å². The lowest BCUT2D eigenvalue weighted by atomic mass is 9.95. The van der Waals surface area contributed by atoms with E-state index in [0.29, 0.717) is 20.6 Å². The van der Waals surface area contributed by atoms with Crippen molar-refractivity contribution in [3.63, 3.8) is 0 Å². The molecule has 2 aromatic rings. The van der Waals surface area contributed by atoms with Crippen LogP contribution >= 0.6 is 39.5 Å². The van der Waals surface area contributed by atoms with Gasteiger partial charge in [-0.15, -0.1) is 11.3 Å². The first-order valence-corrected chi connectivity index (χ1v) is 10.1. The number of thiocarbonyl (C=S) groups is 1. The third-order valence-corrected chi connectivity index (χ3v) is 6.24. The lowest BCUT2D eigenvalue weighted by Gasteiger charge is -2.12. The second-order valence-corrected chi connectivity index (χ2v) is 8.16. The van der Waals surface area contributed by atoms with Crippen molar-refractivity contribution in [3.05, 3.63) is 50.3 Å². The molecule has 1 amide bonds. The van der Waals surface area contributed by atoms with Crippen LogP contribution in [0.3, 0.4) is 0 Å². The minimum atomic E-state index is -0.383. The summed E-state index contributed by atoms with van der Waals surface area (Å²) in [5.74, 6) is -0.706. The summed E-state index contributed by atoms with van der Waals surface area (Å²) in [5, 5.41) is 6.43. The van der Waals surface area contributed by atoms with Crippen LogP contribution in [0.15, 0.2) is 28.7 Å². The summed E-state index contributed by atoms with van der Waals surface area (Å²) in [6.45, 7) is 0. The molecule has 0 atom stereocenters. The highest BCUT2D eigenvalue weighted by molar-refractivity contribution is 9.10. The molecule has 136 valence electrons. The van der Waals surface area contributed by atoms with Crippen molar-refractivity contribution < 1.29 is 14.3 Å². The highest BCUT2D eigenvalue weighted by Gasteiger charge is 2.26. The van der Waals surface area contributed by atoms with Crippen LogP contribution in [0, 0.1) is 0 Å². The van der Waals surface area contributed by atoms with Crippen LogP contribution in [0.2, 0.25) is 0 Å². The monoisotopic (exact) mass is 452 g/mol. The number of carbonyl (C=O) groups excluding carboxylic acids is 2. The third kappa shape index (κ3) is 3.97. The highest BCUT2D eigenvalue weighted by Crippen LogP contribution is 2.38. The van der Waals surface area contributed by atoms with E-state index >= 15 is 0 Å². The van der Waals surface area contributed by atoms with Gasteiger partial charge in [0.05, 0.1) is 18.2 Å². The number of benzene rings is 1. The summed E-state index contributed by atoms with van der Waals surface area (Å²) in [6, 6.07) is 7.09. The maximum Gasteiger partial charge on any atom is 0.341 e. The van der Waals surface area contributed by atoms with E-state index in [2.05, 4.69) is 26.6 Å². The number of aryl methyl sites for hydroxylation is 1. The van der Waals surface area contributed by atoms with Gasteiger partial charge in [-0.2, -0.15) is 0 Å². The molecule has 1 heterocycles. The molecule has 0 unspecified atom stereocenters. The molecule has 8 heteroatoms. The number of ether oxygens (including phenoxy) is 1. The number of nitrogens with one attached hydrogen (secondary N) is 2. The lowest BCUT2D eigenvalue weighted by Crippen LogP contribution is -2.34. The van der Waals surface area contributed by atoms with Gasteiger partial charge in [0.15, 0.2) is 5.11 Å². The van der Waals surface area contributed by atoms with E-state index < -0.39 is 0 Å². The van der Waals surface area contributed by atoms with E-state index in [4.69, 9.17) is 17.0 Å². The molecule has 0 fully saturated rings. The number of hydrogen-bond donors (Lipinski definition) is 2. The van der Waals surface area contributed by atoms with E-state index in [1.807, 2.05) is 6.07 Å². The number of amides is 1. The molecule has 3 rings (SSSR count). The fourth-order valence-corrected chi connectivity index (χ4v) is 4.93. The van der Waals surface area contributed by atoms with Gasteiger partial charge in [-0.25, -0.2) is 4.79 Å². The second-order valence-electron chi connectivity index (χ2n) is 5.79. The molecule has 0 spiro atoms. The Morgan fingerprint density at radius 1 is 1.23 bits per heavy atom. The first-order valence-electron chi connectivity index (χ1n) is 8.11. The molecule has 2 N–H and O–H groups in total. The van der Waals surface area contributed by atoms with E-state index in [9.17, 15) is 9.59 Å². The summed E-state index contributed by atoms with van der Waals surface area (Å²) in [6.07, 6.45) is 3.96. The Bertz CT molecular complexity index is 879. The summed E-state index contributed by atoms with van der Waals surface area (Å²) in [7, 11) is 1.37. The molecular formula is C18H17BrN2O3S2. The average molecular weight is 453 g/mol. The second kappa shape index (κ2) is 8.28. The molecule has 1 aliphatic rings. The van der Waals surface area contributed by atoms with Gasteiger partial charge in [-0.1, -0.05) is 12.1 Å². The van der Waals surface area contributed by atoms with Gasteiger partial charge < -0.3 is 10.1 Å². The number of thiophene rings is 1. The topological polar surface area (TPSA) is 67.4 Å². The quantitative estimate of drug-likeness (QED) is 0.536. The molecule has 0 saturated heterocycles. The van der Waals surface area contributed by atoms with E-state index in [-0.39, 0.29) is 17.0 Å². The van der Waals surface area contributed by atoms with Crippen LogP contribution in [0.25, 0.3) is 0 Å². The number of esters is 1. The molecule has 0 radical (unpaired) electrons. The van der Waals surface area contributed by atoms with Gasteiger partial charge in [0.2, 0.25) is 0 Å². The number of methoxy groups -OCH3 is 1. The fourth-order valence-electron chi connectivity index (χ4n) is 2.92. The van der Waals surface area contributed by atoms with Crippen LogP contribution in [0.1, 0.15) is 44.0 Å². The predicted molar refractivity (Wildman–Crippen MR) is 110 cm³/mol. The molecule has 1 aromatic carbocycles. The molecule has 0 aliphatic heterocycles. The van der Waals surface area contributed by atoms with Crippen LogP contribution in [-0.4, -0.2) is 24.1 Å². The van der Waals surface area contributed by atoms with Crippen molar-refractivity contribution in [1.82, 2.24) is 5.32 Å². The van der Waals surface area contributed by atoms with Crippen LogP contribution in [-0.2, 0) is 17.6 Å². The third-order valence-electron chi connectivity index (χ3n) is 4.13. The molecule has 0 bridgehead atoms. The van der Waals surface area contributed by atoms with Crippen molar-refractivity contribution in [3.8, 4) is 0 Å². The minimum absolute atomic E-state index is 0.148. The molecule has 5 nitrogen and oxygen atoms in total. The summed E-state index contributed by atoms with van der Waals surface area (Å²) < 4.78 is 5.62. The standard InChI is InChI=1S/C18H17BrN2O3S2/c1-24-17(23)14-11-7-3-5-9-13(11)26-16(14)21-18(25)20-15(22)10-6-2-4-8-12(10)19/h2,4,6,8H,3,5,7,9H2,1H3,(H2,20,21,22,25). The number of anilines is 1. The number of carbonyl (C=O) groups is 2. The predicted octanol–water partition coefficient (Wildman–Crippen LogP) is 4.30.